The van der Waals surface area contributed by atoms with Gasteiger partial charge in [-0.25, -0.2) is 0 Å². The summed E-state index contributed by atoms with van der Waals surface area (Å²) in [7, 11) is 0. The number of hydrogen-bond donors (Lipinski definition) is 2. The van der Waals surface area contributed by atoms with Crippen molar-refractivity contribution in [3.05, 3.63) is 0 Å². The molecule has 2 N–H and O–H groups in total. The number of hydrogen-bond acceptors (Lipinski definition) is 4. The van der Waals surface area contributed by atoms with Gasteiger partial charge in [0.15, 0.2) is 0 Å². The number of carboxylic acid groups (broad SMARTS) is 1. The van der Waals surface area contributed by atoms with Crippen molar-refractivity contribution in [1.82, 2.24) is 0 Å². The summed E-state index contributed by atoms with van der Waals surface area (Å²) in [5, 5.41) is 20.9. The molecule has 8 bridgehead atoms. The Labute approximate surface area is 159 Å². The highest BCUT2D eigenvalue weighted by molar-refractivity contribution is 5.79. The smallest absolute Gasteiger partial charge is 0.312 e. The zero-order chi connectivity index (χ0) is 18.7. The van der Waals surface area contributed by atoms with Crippen molar-refractivity contribution in [2.45, 2.75) is 88.3 Å². The third-order valence-electron chi connectivity index (χ3n) is 9.23. The van der Waals surface area contributed by atoms with Gasteiger partial charge in [0.05, 0.1) is 16.4 Å². The monoisotopic (exact) mass is 374 g/mol. The van der Waals surface area contributed by atoms with Crippen LogP contribution in [0.3, 0.4) is 0 Å². The van der Waals surface area contributed by atoms with Crippen molar-refractivity contribution in [1.29, 1.82) is 0 Å². The highest BCUT2D eigenvalue weighted by Crippen LogP contribution is 2.65. The largest absolute Gasteiger partial charge is 0.481 e. The van der Waals surface area contributed by atoms with Crippen LogP contribution in [0, 0.1) is 34.5 Å². The van der Waals surface area contributed by atoms with Crippen LogP contribution >= 0.6 is 0 Å². The number of carbonyl (C=O) groups is 2. The molecule has 8 saturated carbocycles. The van der Waals surface area contributed by atoms with Crippen LogP contribution in [0.5, 0.6) is 0 Å². The lowest BCUT2D eigenvalue weighted by atomic mass is 9.47. The van der Waals surface area contributed by atoms with Crippen molar-refractivity contribution >= 4 is 11.9 Å². The van der Waals surface area contributed by atoms with E-state index in [9.17, 15) is 19.8 Å². The zero-order valence-electron chi connectivity index (χ0n) is 15.9. The molecule has 0 aromatic carbocycles. The summed E-state index contributed by atoms with van der Waals surface area (Å²) in [6.45, 7) is 0. The van der Waals surface area contributed by atoms with Crippen LogP contribution in [0.4, 0.5) is 0 Å². The second-order valence-corrected chi connectivity index (χ2v) is 11.6. The number of aliphatic hydroxyl groups is 1. The minimum Gasteiger partial charge on any atom is -0.481 e. The summed E-state index contributed by atoms with van der Waals surface area (Å²) in [5.74, 6) is 0.862. The highest BCUT2D eigenvalue weighted by atomic mass is 16.6. The van der Waals surface area contributed by atoms with E-state index in [0.29, 0.717) is 36.5 Å². The van der Waals surface area contributed by atoms with E-state index >= 15 is 0 Å². The van der Waals surface area contributed by atoms with E-state index in [1.807, 2.05) is 0 Å². The van der Waals surface area contributed by atoms with Crippen molar-refractivity contribution in [3.63, 3.8) is 0 Å². The van der Waals surface area contributed by atoms with Gasteiger partial charge in [0.25, 0.3) is 0 Å². The summed E-state index contributed by atoms with van der Waals surface area (Å²) in [5.41, 5.74) is -2.43. The molecule has 5 heteroatoms. The molecule has 0 radical (unpaired) electrons. The van der Waals surface area contributed by atoms with Gasteiger partial charge in [-0.05, 0) is 94.3 Å². The van der Waals surface area contributed by atoms with E-state index in [-0.39, 0.29) is 5.97 Å². The van der Waals surface area contributed by atoms with Crippen LogP contribution in [0.15, 0.2) is 0 Å². The molecule has 8 fully saturated rings. The van der Waals surface area contributed by atoms with Gasteiger partial charge in [-0.2, -0.15) is 0 Å². The van der Waals surface area contributed by atoms with E-state index in [0.717, 1.165) is 64.2 Å². The van der Waals surface area contributed by atoms with Crippen molar-refractivity contribution in [2.75, 3.05) is 0 Å². The van der Waals surface area contributed by atoms with Gasteiger partial charge in [0.1, 0.15) is 5.60 Å². The summed E-state index contributed by atoms with van der Waals surface area (Å²) < 4.78 is 6.34. The maximum absolute atomic E-state index is 13.5. The molecule has 0 spiro atoms. The predicted octanol–water partition coefficient (Wildman–Crippen LogP) is 3.28. The summed E-state index contributed by atoms with van der Waals surface area (Å²) in [6, 6.07) is 0. The van der Waals surface area contributed by atoms with Crippen LogP contribution in [0.2, 0.25) is 0 Å². The van der Waals surface area contributed by atoms with Crippen LogP contribution < -0.4 is 0 Å². The maximum atomic E-state index is 13.5. The van der Waals surface area contributed by atoms with Gasteiger partial charge in [0.2, 0.25) is 0 Å². The second kappa shape index (κ2) is 4.90. The van der Waals surface area contributed by atoms with E-state index in [1.54, 1.807) is 0 Å². The molecular weight excluding hydrogens is 344 g/mol. The number of carbonyl (C=O) groups excluding carboxylic acids is 1. The first-order valence-corrected chi connectivity index (χ1v) is 10.9. The molecule has 8 aliphatic rings. The molecule has 0 aliphatic heterocycles. The average Bonchev–Trinajstić information content (AvgIpc) is 2.50. The van der Waals surface area contributed by atoms with Gasteiger partial charge < -0.3 is 14.9 Å². The first-order valence-electron chi connectivity index (χ1n) is 10.9. The van der Waals surface area contributed by atoms with E-state index < -0.39 is 28.0 Å². The number of esters is 1. The molecule has 4 atom stereocenters. The molecule has 148 valence electrons. The average molecular weight is 374 g/mol. The Balaban J connectivity index is 1.29. The number of rotatable bonds is 3. The molecular formula is C22H30O5. The summed E-state index contributed by atoms with van der Waals surface area (Å²) in [4.78, 5) is 25.6. The van der Waals surface area contributed by atoms with Gasteiger partial charge in [-0.15, -0.1) is 0 Å². The molecule has 27 heavy (non-hydrogen) atoms. The quantitative estimate of drug-likeness (QED) is 0.741. The van der Waals surface area contributed by atoms with Crippen molar-refractivity contribution < 1.29 is 24.5 Å². The van der Waals surface area contributed by atoms with E-state index in [1.165, 1.54) is 0 Å². The predicted molar refractivity (Wildman–Crippen MR) is 95.6 cm³/mol. The Kier molecular flexibility index (Phi) is 3.05. The molecule has 5 nitrogen and oxygen atoms in total. The normalized spacial score (nSPS) is 57.1. The fourth-order valence-electron chi connectivity index (χ4n) is 9.31. The SMILES string of the molecule is O=C(O)C12CC3CC(CC(OC(=O)C45CC6CC(CC(O)(C6)C4)C5)(C3)C1)C2. The molecule has 8 aliphatic carbocycles. The number of ether oxygens (including phenoxy) is 1. The first kappa shape index (κ1) is 16.8. The van der Waals surface area contributed by atoms with Crippen LogP contribution in [-0.4, -0.2) is 33.4 Å². The summed E-state index contributed by atoms with van der Waals surface area (Å²) in [6.07, 6.45) is 9.91. The van der Waals surface area contributed by atoms with Gasteiger partial charge in [-0.1, -0.05) is 0 Å². The third-order valence-corrected chi connectivity index (χ3v) is 9.23. The third kappa shape index (κ3) is 2.27. The van der Waals surface area contributed by atoms with Crippen LogP contribution in [0.25, 0.3) is 0 Å². The fourth-order valence-corrected chi connectivity index (χ4v) is 9.31. The van der Waals surface area contributed by atoms with Crippen LogP contribution in [-0.2, 0) is 14.3 Å². The Morgan fingerprint density at radius 1 is 0.741 bits per heavy atom. The fraction of sp³-hybridized carbons (Fsp3) is 0.909. The molecule has 4 unspecified atom stereocenters. The maximum Gasteiger partial charge on any atom is 0.312 e. The van der Waals surface area contributed by atoms with Gasteiger partial charge in [0, 0.05) is 6.42 Å². The lowest BCUT2D eigenvalue weighted by Crippen LogP contribution is -2.63. The first-order chi connectivity index (χ1) is 12.7. The van der Waals surface area contributed by atoms with Gasteiger partial charge >= 0.3 is 11.9 Å². The molecule has 0 heterocycles. The lowest BCUT2D eigenvalue weighted by Gasteiger charge is -2.62. The minimum absolute atomic E-state index is 0.113. The van der Waals surface area contributed by atoms with E-state index in [2.05, 4.69) is 0 Å². The summed E-state index contributed by atoms with van der Waals surface area (Å²) >= 11 is 0. The Hall–Kier alpha value is -1.10. The topological polar surface area (TPSA) is 83.8 Å². The van der Waals surface area contributed by atoms with Crippen LogP contribution in [0.1, 0.15) is 77.0 Å². The van der Waals surface area contributed by atoms with E-state index in [4.69, 9.17) is 4.74 Å². The highest BCUT2D eigenvalue weighted by Gasteiger charge is 2.65. The zero-order valence-corrected chi connectivity index (χ0v) is 15.9. The number of aliphatic carboxylic acids is 1. The molecule has 0 saturated heterocycles. The molecule has 0 amide bonds. The Bertz CT molecular complexity index is 698. The Morgan fingerprint density at radius 2 is 1.26 bits per heavy atom. The molecule has 0 aromatic rings. The van der Waals surface area contributed by atoms with Gasteiger partial charge in [-0.3, -0.25) is 9.59 Å². The molecule has 8 rings (SSSR count). The number of carboxylic acids is 1. The van der Waals surface area contributed by atoms with Crippen molar-refractivity contribution in [2.24, 2.45) is 34.5 Å². The lowest BCUT2D eigenvalue weighted by molar-refractivity contribution is -0.232. The second-order valence-electron chi connectivity index (χ2n) is 11.6. The van der Waals surface area contributed by atoms with Crippen molar-refractivity contribution in [3.8, 4) is 0 Å². The molecule has 0 aromatic heterocycles. The standard InChI is InChI=1S/C22H30O5/c23-17(24)19-3-15-2-16(4-19)10-22(9-15,12-19)27-18(25)20-5-13-1-14(6-20)8-21(26,7-13)11-20/h13-16,26H,1-12H2,(H,23,24). The minimum atomic E-state index is -0.693. The Morgan fingerprint density at radius 3 is 1.78 bits per heavy atom.